The molecule has 0 spiro atoms. The van der Waals surface area contributed by atoms with Gasteiger partial charge in [0, 0.05) is 37.3 Å². The van der Waals surface area contributed by atoms with Crippen LogP contribution in [0, 0.1) is 5.41 Å². The number of fused-ring (bicyclic) bond motifs is 1. The minimum atomic E-state index is -0.836. The first-order chi connectivity index (χ1) is 13.7. The van der Waals surface area contributed by atoms with Gasteiger partial charge in [-0.25, -0.2) is 14.3 Å². The summed E-state index contributed by atoms with van der Waals surface area (Å²) in [5.41, 5.74) is 3.60. The molecule has 154 valence electrons. The van der Waals surface area contributed by atoms with Crippen molar-refractivity contribution in [3.8, 4) is 11.3 Å². The Morgan fingerprint density at radius 2 is 2.03 bits per heavy atom. The number of aromatic nitrogens is 5. The van der Waals surface area contributed by atoms with Crippen LogP contribution in [0.4, 0.5) is 4.79 Å². The molecular weight excluding hydrogens is 368 g/mol. The normalized spacial score (nSPS) is 20.8. The van der Waals surface area contributed by atoms with Crippen molar-refractivity contribution in [3.63, 3.8) is 0 Å². The Hall–Kier alpha value is -2.90. The van der Waals surface area contributed by atoms with Crippen molar-refractivity contribution < 1.29 is 9.90 Å². The highest BCUT2D eigenvalue weighted by Crippen LogP contribution is 2.39. The molecule has 1 fully saturated rings. The first-order valence-electron chi connectivity index (χ1n) is 10.1. The number of carbonyl (C=O) groups is 1. The van der Waals surface area contributed by atoms with Crippen LogP contribution in [0.1, 0.15) is 51.6 Å². The number of carboxylic acid groups (broad SMARTS) is 1. The van der Waals surface area contributed by atoms with Crippen LogP contribution in [0.25, 0.3) is 16.8 Å². The van der Waals surface area contributed by atoms with Gasteiger partial charge in [-0.05, 0) is 30.7 Å². The maximum Gasteiger partial charge on any atom is 0.407 e. The summed E-state index contributed by atoms with van der Waals surface area (Å²) in [7, 11) is 1.89. The van der Waals surface area contributed by atoms with E-state index in [9.17, 15) is 9.90 Å². The van der Waals surface area contributed by atoms with Crippen LogP contribution in [-0.4, -0.2) is 53.1 Å². The van der Waals surface area contributed by atoms with Crippen molar-refractivity contribution in [3.05, 3.63) is 36.5 Å². The van der Waals surface area contributed by atoms with Crippen LogP contribution >= 0.6 is 0 Å². The third-order valence-electron chi connectivity index (χ3n) is 5.89. The van der Waals surface area contributed by atoms with Crippen LogP contribution in [0.5, 0.6) is 0 Å². The largest absolute Gasteiger partial charge is 0.465 e. The number of hydrogen-bond donors (Lipinski definition) is 1. The van der Waals surface area contributed by atoms with Gasteiger partial charge in [0.2, 0.25) is 0 Å². The Kier molecular flexibility index (Phi) is 4.80. The van der Waals surface area contributed by atoms with Gasteiger partial charge in [0.1, 0.15) is 0 Å². The average molecular weight is 396 g/mol. The maximum absolute atomic E-state index is 11.9. The molecule has 1 saturated heterocycles. The number of amides is 1. The highest BCUT2D eigenvalue weighted by atomic mass is 16.4. The third-order valence-corrected chi connectivity index (χ3v) is 5.89. The van der Waals surface area contributed by atoms with E-state index in [4.69, 9.17) is 4.98 Å². The fourth-order valence-electron chi connectivity index (χ4n) is 4.42. The molecule has 1 aliphatic heterocycles. The lowest BCUT2D eigenvalue weighted by Crippen LogP contribution is -2.46. The third kappa shape index (κ3) is 3.71. The van der Waals surface area contributed by atoms with Gasteiger partial charge in [-0.2, -0.15) is 10.2 Å². The van der Waals surface area contributed by atoms with E-state index in [1.165, 1.54) is 0 Å². The Morgan fingerprint density at radius 1 is 1.24 bits per heavy atom. The molecule has 3 aromatic heterocycles. The summed E-state index contributed by atoms with van der Waals surface area (Å²) >= 11 is 0. The number of nitrogens with zero attached hydrogens (tertiary/aromatic N) is 6. The molecule has 1 aliphatic rings. The molecule has 0 aromatic carbocycles. The van der Waals surface area contributed by atoms with Crippen LogP contribution in [-0.2, 0) is 7.05 Å². The lowest BCUT2D eigenvalue weighted by atomic mass is 9.79. The molecule has 0 bridgehead atoms. The molecule has 29 heavy (non-hydrogen) atoms. The Labute approximate surface area is 170 Å². The second-order valence-electron chi connectivity index (χ2n) is 9.01. The highest BCUT2D eigenvalue weighted by Gasteiger charge is 2.38. The summed E-state index contributed by atoms with van der Waals surface area (Å²) in [6.07, 6.45) is 9.10. The number of rotatable bonds is 2. The van der Waals surface area contributed by atoms with E-state index in [1.54, 1.807) is 22.0 Å². The molecule has 2 unspecified atom stereocenters. The minimum absolute atomic E-state index is 0.0701. The van der Waals surface area contributed by atoms with E-state index in [0.717, 1.165) is 41.7 Å². The van der Waals surface area contributed by atoms with Gasteiger partial charge in [0.05, 0.1) is 35.5 Å². The van der Waals surface area contributed by atoms with Crippen LogP contribution in [0.15, 0.2) is 30.9 Å². The van der Waals surface area contributed by atoms with Crippen LogP contribution < -0.4 is 0 Å². The molecule has 0 aliphatic carbocycles. The topological polar surface area (TPSA) is 88.5 Å². The summed E-state index contributed by atoms with van der Waals surface area (Å²) < 4.78 is 3.63. The Balaban J connectivity index is 1.78. The van der Waals surface area contributed by atoms with Crippen molar-refractivity contribution in [1.82, 2.24) is 29.3 Å². The van der Waals surface area contributed by atoms with E-state index in [-0.39, 0.29) is 17.4 Å². The smallest absolute Gasteiger partial charge is 0.407 e. The van der Waals surface area contributed by atoms with E-state index >= 15 is 0 Å². The fraction of sp³-hybridized carbons (Fsp3) is 0.524. The van der Waals surface area contributed by atoms with Gasteiger partial charge in [-0.15, -0.1) is 0 Å². The number of likely N-dealkylation sites (tertiary alicyclic amines) is 1. The van der Waals surface area contributed by atoms with E-state index in [2.05, 4.69) is 31.0 Å². The zero-order valence-corrected chi connectivity index (χ0v) is 17.4. The summed E-state index contributed by atoms with van der Waals surface area (Å²) in [5, 5.41) is 18.5. The second kappa shape index (κ2) is 7.17. The predicted octanol–water partition coefficient (Wildman–Crippen LogP) is 3.79. The first kappa shape index (κ1) is 19.4. The van der Waals surface area contributed by atoms with E-state index in [1.807, 2.05) is 30.0 Å². The molecule has 1 N–H and O–H groups in total. The lowest BCUT2D eigenvalue weighted by Gasteiger charge is -2.38. The molecule has 4 rings (SSSR count). The molecule has 8 nitrogen and oxygen atoms in total. The zero-order chi connectivity index (χ0) is 20.8. The second-order valence-corrected chi connectivity index (χ2v) is 9.01. The molecule has 4 heterocycles. The standard InChI is InChI=1S/C21H28N6O2/c1-21(2,3)18-10-14(6-5-9-26(18)20(28)29)19-17-7-8-22-27(17)13-16(24-19)15-11-23-25(4)12-15/h7-8,11-14,18H,5-6,9-10H2,1-4H3,(H,28,29). The quantitative estimate of drug-likeness (QED) is 0.712. The number of hydrogen-bond acceptors (Lipinski definition) is 4. The summed E-state index contributed by atoms with van der Waals surface area (Å²) in [5.74, 6) is 0.166. The summed E-state index contributed by atoms with van der Waals surface area (Å²) in [6, 6.07) is 1.92. The maximum atomic E-state index is 11.9. The molecule has 2 atom stereocenters. The highest BCUT2D eigenvalue weighted by molar-refractivity contribution is 5.66. The fourth-order valence-corrected chi connectivity index (χ4v) is 4.42. The average Bonchev–Trinajstić information content (AvgIpc) is 3.22. The van der Waals surface area contributed by atoms with Crippen molar-refractivity contribution in [2.75, 3.05) is 6.54 Å². The minimum Gasteiger partial charge on any atom is -0.465 e. The Bertz CT molecular complexity index is 1030. The van der Waals surface area contributed by atoms with Gasteiger partial charge in [-0.1, -0.05) is 20.8 Å². The monoisotopic (exact) mass is 396 g/mol. The SMILES string of the molecule is Cn1cc(-c2cn3nccc3c(C3CCCN(C(=O)O)C(C(C)(C)C)C3)n2)cn1. The van der Waals surface area contributed by atoms with Gasteiger partial charge in [0.15, 0.2) is 0 Å². The lowest BCUT2D eigenvalue weighted by molar-refractivity contribution is 0.0818. The summed E-state index contributed by atoms with van der Waals surface area (Å²) in [6.45, 7) is 6.91. The van der Waals surface area contributed by atoms with Gasteiger partial charge >= 0.3 is 6.09 Å². The first-order valence-corrected chi connectivity index (χ1v) is 10.1. The Morgan fingerprint density at radius 3 is 2.69 bits per heavy atom. The zero-order valence-electron chi connectivity index (χ0n) is 17.4. The van der Waals surface area contributed by atoms with Crippen LogP contribution in [0.3, 0.4) is 0 Å². The predicted molar refractivity (Wildman–Crippen MR) is 110 cm³/mol. The molecule has 0 saturated carbocycles. The molecular formula is C21H28N6O2. The van der Waals surface area contributed by atoms with E-state index < -0.39 is 6.09 Å². The summed E-state index contributed by atoms with van der Waals surface area (Å²) in [4.78, 5) is 18.6. The van der Waals surface area contributed by atoms with Crippen molar-refractivity contribution in [2.45, 2.75) is 52.0 Å². The van der Waals surface area contributed by atoms with Crippen molar-refractivity contribution >= 4 is 11.6 Å². The van der Waals surface area contributed by atoms with Gasteiger partial charge in [0.25, 0.3) is 0 Å². The van der Waals surface area contributed by atoms with Crippen LogP contribution in [0.2, 0.25) is 0 Å². The molecule has 0 radical (unpaired) electrons. The van der Waals surface area contributed by atoms with Gasteiger partial charge < -0.3 is 10.0 Å². The van der Waals surface area contributed by atoms with Crippen molar-refractivity contribution in [1.29, 1.82) is 0 Å². The molecule has 8 heteroatoms. The van der Waals surface area contributed by atoms with Gasteiger partial charge in [-0.3, -0.25) is 4.68 Å². The van der Waals surface area contributed by atoms with Crippen molar-refractivity contribution in [2.24, 2.45) is 12.5 Å². The molecule has 1 amide bonds. The van der Waals surface area contributed by atoms with E-state index in [0.29, 0.717) is 6.54 Å². The number of aryl methyl sites for hydroxylation is 1. The molecule has 3 aromatic rings.